The molecule has 356 valence electrons. The number of rotatable bonds is 10. The monoisotopic (exact) mass is 965 g/mol. The molecule has 0 saturated carbocycles. The van der Waals surface area contributed by atoms with Crippen molar-refractivity contribution >= 4 is 38.6 Å². The van der Waals surface area contributed by atoms with Gasteiger partial charge < -0.3 is 4.90 Å². The van der Waals surface area contributed by atoms with Crippen molar-refractivity contribution in [2.75, 3.05) is 4.90 Å². The Labute approximate surface area is 444 Å². The Morgan fingerprint density at radius 2 is 0.605 bits per heavy atom. The van der Waals surface area contributed by atoms with Gasteiger partial charge in [0.1, 0.15) is 0 Å². The Bertz CT molecular complexity index is 4170. The van der Waals surface area contributed by atoms with E-state index in [0.717, 1.165) is 22.6 Å². The van der Waals surface area contributed by atoms with Crippen molar-refractivity contribution in [3.05, 3.63) is 332 Å². The molecule has 0 atom stereocenters. The van der Waals surface area contributed by atoms with Crippen LogP contribution >= 0.6 is 0 Å². The van der Waals surface area contributed by atoms with Gasteiger partial charge in [-0.1, -0.05) is 273 Å². The zero-order valence-corrected chi connectivity index (χ0v) is 41.9. The van der Waals surface area contributed by atoms with Crippen molar-refractivity contribution in [2.45, 2.75) is 5.41 Å². The number of hydrogen-bond acceptors (Lipinski definition) is 1. The molecule has 0 saturated heterocycles. The minimum absolute atomic E-state index is 0.532. The van der Waals surface area contributed by atoms with Crippen LogP contribution in [0.4, 0.5) is 17.1 Å². The van der Waals surface area contributed by atoms with Gasteiger partial charge in [0, 0.05) is 16.9 Å². The van der Waals surface area contributed by atoms with E-state index in [1.807, 2.05) is 0 Å². The number of benzene rings is 13. The Hall–Kier alpha value is -9.82. The first-order valence-electron chi connectivity index (χ1n) is 26.3. The largest absolute Gasteiger partial charge is 0.310 e. The molecule has 0 spiro atoms. The lowest BCUT2D eigenvalue weighted by atomic mass is 9.68. The second kappa shape index (κ2) is 18.9. The van der Waals surface area contributed by atoms with Crippen molar-refractivity contribution in [3.63, 3.8) is 0 Å². The lowest BCUT2D eigenvalue weighted by Gasteiger charge is -2.34. The van der Waals surface area contributed by atoms with Crippen molar-refractivity contribution in [2.24, 2.45) is 0 Å². The molecule has 1 nitrogen and oxygen atoms in total. The van der Waals surface area contributed by atoms with Crippen LogP contribution in [0.1, 0.15) is 22.3 Å². The van der Waals surface area contributed by atoms with Crippen molar-refractivity contribution < 1.29 is 0 Å². The summed E-state index contributed by atoms with van der Waals surface area (Å²) in [6.07, 6.45) is 0. The van der Waals surface area contributed by atoms with E-state index in [2.05, 4.69) is 314 Å². The maximum atomic E-state index is 2.47. The second-order valence-corrected chi connectivity index (χ2v) is 19.9. The summed E-state index contributed by atoms with van der Waals surface area (Å²) in [6, 6.07) is 114. The van der Waals surface area contributed by atoms with E-state index in [0.29, 0.717) is 0 Å². The topological polar surface area (TPSA) is 3.24 Å². The fraction of sp³-hybridized carbons (Fsp3) is 0.0133. The Balaban J connectivity index is 0.941. The van der Waals surface area contributed by atoms with Crippen LogP contribution in [0.2, 0.25) is 0 Å². The van der Waals surface area contributed by atoms with Crippen molar-refractivity contribution in [1.82, 2.24) is 0 Å². The molecule has 0 radical (unpaired) electrons. The van der Waals surface area contributed by atoms with Crippen LogP contribution in [0.5, 0.6) is 0 Å². The molecule has 0 unspecified atom stereocenters. The molecule has 1 heteroatoms. The summed E-state index contributed by atoms with van der Waals surface area (Å²) in [6.45, 7) is 0. The van der Waals surface area contributed by atoms with E-state index in [4.69, 9.17) is 0 Å². The van der Waals surface area contributed by atoms with E-state index >= 15 is 0 Å². The van der Waals surface area contributed by atoms with Gasteiger partial charge in [0.05, 0.1) is 11.1 Å². The number of nitrogens with zero attached hydrogens (tertiary/aromatic N) is 1. The van der Waals surface area contributed by atoms with Gasteiger partial charge in [-0.3, -0.25) is 0 Å². The van der Waals surface area contributed by atoms with E-state index in [9.17, 15) is 0 Å². The molecular weight excluding hydrogens is 915 g/mol. The third-order valence-electron chi connectivity index (χ3n) is 15.8. The average Bonchev–Trinajstić information content (AvgIpc) is 3.86. The van der Waals surface area contributed by atoms with Crippen LogP contribution in [-0.2, 0) is 5.41 Å². The molecule has 1 aliphatic carbocycles. The lowest BCUT2D eigenvalue weighted by molar-refractivity contribution is 0.768. The van der Waals surface area contributed by atoms with Crippen LogP contribution < -0.4 is 4.90 Å². The maximum Gasteiger partial charge on any atom is 0.0714 e. The summed E-state index contributed by atoms with van der Waals surface area (Å²) < 4.78 is 0. The Morgan fingerprint density at radius 1 is 0.224 bits per heavy atom. The second-order valence-electron chi connectivity index (χ2n) is 19.9. The molecule has 14 rings (SSSR count). The smallest absolute Gasteiger partial charge is 0.0714 e. The third kappa shape index (κ3) is 7.47. The first kappa shape index (κ1) is 44.8. The number of fused-ring (bicyclic) bond motifs is 6. The van der Waals surface area contributed by atoms with Gasteiger partial charge in [-0.05, 0) is 141 Å². The summed E-state index contributed by atoms with van der Waals surface area (Å²) in [5.74, 6) is 0. The maximum absolute atomic E-state index is 2.47. The van der Waals surface area contributed by atoms with Gasteiger partial charge in [-0.15, -0.1) is 0 Å². The van der Waals surface area contributed by atoms with Gasteiger partial charge in [0.2, 0.25) is 0 Å². The zero-order valence-electron chi connectivity index (χ0n) is 41.9. The standard InChI is InChI=1S/C75H51N/c1-6-21-52(22-7-1)53-37-39-54(40-38-53)55-41-46-62(47-42-55)76(71-36-20-35-70-74(71)67-33-18-19-34-69(67)75(70,60-27-12-4-13-28-60)61-29-14-5-15-30-61)63-48-43-56(44-49-63)59-45-50-65-64-31-16-17-32-66(64)72(57-23-8-2-9-24-57)73(68(65)51-59)58-25-10-3-11-26-58/h1-51H. The number of hydrogen-bond donors (Lipinski definition) is 0. The van der Waals surface area contributed by atoms with Gasteiger partial charge >= 0.3 is 0 Å². The van der Waals surface area contributed by atoms with Crippen LogP contribution in [0.25, 0.3) is 88.3 Å². The highest BCUT2D eigenvalue weighted by Gasteiger charge is 2.47. The van der Waals surface area contributed by atoms with Crippen LogP contribution in [0.15, 0.2) is 309 Å². The molecule has 0 aliphatic heterocycles. The van der Waals surface area contributed by atoms with E-state index < -0.39 is 5.41 Å². The first-order valence-corrected chi connectivity index (χ1v) is 26.3. The molecule has 0 heterocycles. The third-order valence-corrected chi connectivity index (χ3v) is 15.8. The van der Waals surface area contributed by atoms with E-state index in [1.54, 1.807) is 0 Å². The molecule has 0 N–H and O–H groups in total. The zero-order chi connectivity index (χ0) is 50.4. The fourth-order valence-electron chi connectivity index (χ4n) is 12.4. The molecule has 76 heavy (non-hydrogen) atoms. The molecule has 0 aromatic heterocycles. The quantitative estimate of drug-likeness (QED) is 0.123. The predicted molar refractivity (Wildman–Crippen MR) is 321 cm³/mol. The highest BCUT2D eigenvalue weighted by molar-refractivity contribution is 6.22. The summed E-state index contributed by atoms with van der Waals surface area (Å²) in [5.41, 5.74) is 22.3. The average molecular weight is 966 g/mol. The van der Waals surface area contributed by atoms with Gasteiger partial charge in [0.15, 0.2) is 0 Å². The molecular formula is C75H51N. The van der Waals surface area contributed by atoms with E-state index in [1.165, 1.54) is 105 Å². The molecule has 0 amide bonds. The summed E-state index contributed by atoms with van der Waals surface area (Å²) in [4.78, 5) is 2.47. The first-order chi connectivity index (χ1) is 37.7. The Morgan fingerprint density at radius 3 is 1.16 bits per heavy atom. The summed E-state index contributed by atoms with van der Waals surface area (Å²) in [5, 5.41) is 4.99. The van der Waals surface area contributed by atoms with Crippen molar-refractivity contribution in [3.8, 4) is 66.8 Å². The summed E-state index contributed by atoms with van der Waals surface area (Å²) >= 11 is 0. The molecule has 0 bridgehead atoms. The highest BCUT2D eigenvalue weighted by atomic mass is 15.1. The molecule has 1 aliphatic rings. The summed E-state index contributed by atoms with van der Waals surface area (Å²) in [7, 11) is 0. The van der Waals surface area contributed by atoms with Gasteiger partial charge in [0.25, 0.3) is 0 Å². The highest BCUT2D eigenvalue weighted by Crippen LogP contribution is 2.59. The minimum Gasteiger partial charge on any atom is -0.310 e. The van der Waals surface area contributed by atoms with Gasteiger partial charge in [-0.25, -0.2) is 0 Å². The molecule has 13 aromatic rings. The number of anilines is 3. The molecule has 13 aromatic carbocycles. The van der Waals surface area contributed by atoms with Crippen LogP contribution in [0, 0.1) is 0 Å². The van der Waals surface area contributed by atoms with E-state index in [-0.39, 0.29) is 0 Å². The van der Waals surface area contributed by atoms with Crippen LogP contribution in [-0.4, -0.2) is 0 Å². The SMILES string of the molecule is c1ccc(-c2ccc(-c3ccc(N(c4ccc(-c5ccc6c(c5)c(-c5ccccc5)c(-c5ccccc5)c5ccccc56)cc4)c4cccc5c4-c4ccccc4C5(c4ccccc4)c4ccccc4)cc3)cc2)cc1. The van der Waals surface area contributed by atoms with Crippen molar-refractivity contribution in [1.29, 1.82) is 0 Å². The minimum atomic E-state index is -0.532. The van der Waals surface area contributed by atoms with Crippen LogP contribution in [0.3, 0.4) is 0 Å². The normalized spacial score (nSPS) is 12.3. The fourth-order valence-corrected chi connectivity index (χ4v) is 12.4. The molecule has 0 fully saturated rings. The Kier molecular flexibility index (Phi) is 11.2. The lowest BCUT2D eigenvalue weighted by Crippen LogP contribution is -2.28. The van der Waals surface area contributed by atoms with Gasteiger partial charge in [-0.2, -0.15) is 0 Å². The predicted octanol–water partition coefficient (Wildman–Crippen LogP) is 20.2.